The molecule has 0 spiro atoms. The van der Waals surface area contributed by atoms with Crippen LogP contribution >= 0.6 is 0 Å². The number of benzene rings is 1. The van der Waals surface area contributed by atoms with Gasteiger partial charge < -0.3 is 10.6 Å². The van der Waals surface area contributed by atoms with E-state index in [1.165, 1.54) is 18.3 Å². The first kappa shape index (κ1) is 19.8. The molecule has 1 aromatic carbocycles. The normalized spacial score (nSPS) is 19.2. The predicted molar refractivity (Wildman–Crippen MR) is 92.5 cm³/mol. The average molecular weight is 392 g/mol. The molecule has 0 radical (unpaired) electrons. The van der Waals surface area contributed by atoms with Crippen LogP contribution in [0.25, 0.3) is 11.3 Å². The summed E-state index contributed by atoms with van der Waals surface area (Å²) in [5.74, 6) is -0.378. The predicted octanol–water partition coefficient (Wildman–Crippen LogP) is 2.96. The highest BCUT2D eigenvalue weighted by Crippen LogP contribution is 2.30. The first-order chi connectivity index (χ1) is 13.3. The molecule has 0 aliphatic carbocycles. The first-order valence-electron chi connectivity index (χ1n) is 8.49. The Balaban J connectivity index is 1.76. The SMILES string of the molecule is N#Cc1cnc(-c2ccc(C(F)(F)F)cc2)cc1CNC(=O)C1CC(F)CN1. The van der Waals surface area contributed by atoms with Gasteiger partial charge in [-0.3, -0.25) is 9.78 Å². The molecule has 2 heterocycles. The van der Waals surface area contributed by atoms with Crippen molar-refractivity contribution in [2.45, 2.75) is 31.4 Å². The van der Waals surface area contributed by atoms with E-state index in [0.717, 1.165) is 12.1 Å². The van der Waals surface area contributed by atoms with Crippen LogP contribution in [0.3, 0.4) is 0 Å². The largest absolute Gasteiger partial charge is 0.416 e. The van der Waals surface area contributed by atoms with Crippen molar-refractivity contribution < 1.29 is 22.4 Å². The number of pyridine rings is 1. The molecule has 28 heavy (non-hydrogen) atoms. The highest BCUT2D eigenvalue weighted by atomic mass is 19.4. The van der Waals surface area contributed by atoms with E-state index in [2.05, 4.69) is 15.6 Å². The van der Waals surface area contributed by atoms with Gasteiger partial charge in [0.05, 0.1) is 22.9 Å². The van der Waals surface area contributed by atoms with Gasteiger partial charge >= 0.3 is 6.18 Å². The standard InChI is InChI=1S/C19H16F4N4O/c20-15-6-17(26-10-15)18(28)27-8-12-5-16(25-9-13(12)7-24)11-1-3-14(4-2-11)19(21,22)23/h1-5,9,15,17,26H,6,8,10H2,(H,27,28). The van der Waals surface area contributed by atoms with Crippen LogP contribution in [0, 0.1) is 11.3 Å². The lowest BCUT2D eigenvalue weighted by atomic mass is 10.0. The molecule has 9 heteroatoms. The lowest BCUT2D eigenvalue weighted by molar-refractivity contribution is -0.137. The second-order valence-corrected chi connectivity index (χ2v) is 6.43. The third kappa shape index (κ3) is 4.46. The number of halogens is 4. The van der Waals surface area contributed by atoms with Crippen molar-refractivity contribution in [3.05, 3.63) is 53.2 Å². The third-order valence-corrected chi connectivity index (χ3v) is 4.46. The maximum atomic E-state index is 13.2. The van der Waals surface area contributed by atoms with E-state index in [1.807, 2.05) is 6.07 Å². The number of carbonyl (C=O) groups is 1. The van der Waals surface area contributed by atoms with Crippen LogP contribution in [0.5, 0.6) is 0 Å². The molecule has 0 saturated carbocycles. The summed E-state index contributed by atoms with van der Waals surface area (Å²) in [5, 5.41) is 14.6. The topological polar surface area (TPSA) is 77.8 Å². The summed E-state index contributed by atoms with van der Waals surface area (Å²) < 4.78 is 51.3. The van der Waals surface area contributed by atoms with E-state index >= 15 is 0 Å². The van der Waals surface area contributed by atoms with Gasteiger partial charge in [0.25, 0.3) is 0 Å². The summed E-state index contributed by atoms with van der Waals surface area (Å²) in [5.41, 5.74) is 0.754. The zero-order valence-corrected chi connectivity index (χ0v) is 14.6. The average Bonchev–Trinajstić information content (AvgIpc) is 3.11. The fourth-order valence-corrected chi connectivity index (χ4v) is 2.93. The van der Waals surface area contributed by atoms with Gasteiger partial charge in [-0.25, -0.2) is 4.39 Å². The van der Waals surface area contributed by atoms with Crippen molar-refractivity contribution in [3.63, 3.8) is 0 Å². The summed E-state index contributed by atoms with van der Waals surface area (Å²) in [6.07, 6.45) is -4.11. The van der Waals surface area contributed by atoms with Crippen molar-refractivity contribution in [1.82, 2.24) is 15.6 Å². The fraction of sp³-hybridized carbons (Fsp3) is 0.316. The monoisotopic (exact) mass is 392 g/mol. The van der Waals surface area contributed by atoms with Crippen molar-refractivity contribution >= 4 is 5.91 Å². The second-order valence-electron chi connectivity index (χ2n) is 6.43. The summed E-state index contributed by atoms with van der Waals surface area (Å²) in [7, 11) is 0. The van der Waals surface area contributed by atoms with Gasteiger partial charge in [-0.2, -0.15) is 18.4 Å². The lowest BCUT2D eigenvalue weighted by Crippen LogP contribution is -2.40. The Morgan fingerprint density at radius 1 is 1.32 bits per heavy atom. The molecule has 1 saturated heterocycles. The van der Waals surface area contributed by atoms with E-state index in [4.69, 9.17) is 0 Å². The van der Waals surface area contributed by atoms with Crippen LogP contribution in [0.2, 0.25) is 0 Å². The Kier molecular flexibility index (Phi) is 5.61. The number of alkyl halides is 4. The molecular weight excluding hydrogens is 376 g/mol. The molecule has 2 aromatic rings. The summed E-state index contributed by atoms with van der Waals surface area (Å²) in [4.78, 5) is 16.2. The lowest BCUT2D eigenvalue weighted by Gasteiger charge is -2.13. The van der Waals surface area contributed by atoms with Crippen molar-refractivity contribution in [3.8, 4) is 17.3 Å². The molecule has 2 unspecified atom stereocenters. The van der Waals surface area contributed by atoms with E-state index in [9.17, 15) is 27.6 Å². The quantitative estimate of drug-likeness (QED) is 0.785. The van der Waals surface area contributed by atoms with E-state index in [-0.39, 0.29) is 31.0 Å². The minimum absolute atomic E-state index is 0.0208. The van der Waals surface area contributed by atoms with Gasteiger partial charge in [0.2, 0.25) is 5.91 Å². The fourth-order valence-electron chi connectivity index (χ4n) is 2.93. The molecule has 5 nitrogen and oxygen atoms in total. The summed E-state index contributed by atoms with van der Waals surface area (Å²) in [6, 6.07) is 7.38. The van der Waals surface area contributed by atoms with Gasteiger partial charge in [-0.1, -0.05) is 12.1 Å². The number of amides is 1. The molecule has 2 atom stereocenters. The number of hydrogen-bond acceptors (Lipinski definition) is 4. The highest BCUT2D eigenvalue weighted by molar-refractivity contribution is 5.82. The van der Waals surface area contributed by atoms with Gasteiger partial charge in [-0.15, -0.1) is 0 Å². The van der Waals surface area contributed by atoms with Gasteiger partial charge in [0.15, 0.2) is 0 Å². The molecule has 1 aliphatic rings. The number of hydrogen-bond donors (Lipinski definition) is 2. The number of nitriles is 1. The molecule has 0 bridgehead atoms. The maximum Gasteiger partial charge on any atom is 0.416 e. The van der Waals surface area contributed by atoms with Crippen molar-refractivity contribution in [2.75, 3.05) is 6.54 Å². The van der Waals surface area contributed by atoms with Gasteiger partial charge in [0.1, 0.15) is 12.2 Å². The Morgan fingerprint density at radius 3 is 2.61 bits per heavy atom. The highest BCUT2D eigenvalue weighted by Gasteiger charge is 2.30. The molecule has 2 N–H and O–H groups in total. The zero-order valence-electron chi connectivity index (χ0n) is 14.6. The third-order valence-electron chi connectivity index (χ3n) is 4.46. The number of nitrogens with one attached hydrogen (secondary N) is 2. The van der Waals surface area contributed by atoms with Crippen molar-refractivity contribution in [1.29, 1.82) is 5.26 Å². The van der Waals surface area contributed by atoms with Crippen LogP contribution in [0.15, 0.2) is 36.5 Å². The van der Waals surface area contributed by atoms with Crippen LogP contribution < -0.4 is 10.6 Å². The molecule has 1 fully saturated rings. The Morgan fingerprint density at radius 2 is 2.04 bits per heavy atom. The smallest absolute Gasteiger partial charge is 0.351 e. The summed E-state index contributed by atoms with van der Waals surface area (Å²) >= 11 is 0. The van der Waals surface area contributed by atoms with E-state index < -0.39 is 24.0 Å². The van der Waals surface area contributed by atoms with Gasteiger partial charge in [0, 0.05) is 31.3 Å². The first-order valence-corrected chi connectivity index (χ1v) is 8.49. The molecule has 1 amide bonds. The molecule has 146 valence electrons. The molecular formula is C19H16F4N4O. The van der Waals surface area contributed by atoms with Crippen LogP contribution in [-0.4, -0.2) is 29.6 Å². The minimum atomic E-state index is -4.43. The Bertz CT molecular complexity index is 906. The molecule has 1 aromatic heterocycles. The van der Waals surface area contributed by atoms with Crippen LogP contribution in [-0.2, 0) is 17.5 Å². The number of rotatable bonds is 4. The van der Waals surface area contributed by atoms with E-state index in [1.54, 1.807) is 6.07 Å². The van der Waals surface area contributed by atoms with Crippen LogP contribution in [0.1, 0.15) is 23.1 Å². The Labute approximate surface area is 158 Å². The zero-order chi connectivity index (χ0) is 20.3. The number of carbonyl (C=O) groups excluding carboxylic acids is 1. The minimum Gasteiger partial charge on any atom is -0.351 e. The molecule has 3 rings (SSSR count). The van der Waals surface area contributed by atoms with Crippen LogP contribution in [0.4, 0.5) is 17.6 Å². The number of aromatic nitrogens is 1. The summed E-state index contributed by atoms with van der Waals surface area (Å²) in [6.45, 7) is 0.141. The number of nitrogens with zero attached hydrogens (tertiary/aromatic N) is 2. The van der Waals surface area contributed by atoms with E-state index in [0.29, 0.717) is 16.8 Å². The maximum absolute atomic E-state index is 13.2. The van der Waals surface area contributed by atoms with Gasteiger partial charge in [-0.05, 0) is 23.8 Å². The Hall–Kier alpha value is -2.99. The molecule has 1 aliphatic heterocycles. The second kappa shape index (κ2) is 7.94. The van der Waals surface area contributed by atoms with Crippen molar-refractivity contribution in [2.24, 2.45) is 0 Å².